The van der Waals surface area contributed by atoms with E-state index in [0.717, 1.165) is 0 Å². The molecule has 0 atom stereocenters. The van der Waals surface area contributed by atoms with E-state index in [9.17, 15) is 10.1 Å². The Morgan fingerprint density at radius 2 is 1.57 bits per heavy atom. The highest BCUT2D eigenvalue weighted by Crippen LogP contribution is 2.17. The molecule has 0 radical (unpaired) electrons. The maximum Gasteiger partial charge on any atom is 0.278 e. The number of ketones is 1. The number of nitriles is 2. The normalized spacial score (nSPS) is 10.5. The molecule has 0 saturated carbocycles. The summed E-state index contributed by atoms with van der Waals surface area (Å²) in [4.78, 5) is 12.8. The van der Waals surface area contributed by atoms with Crippen molar-refractivity contribution in [2.45, 2.75) is 0 Å². The molecule has 0 unspecified atom stereocenters. The van der Waals surface area contributed by atoms with Crippen LogP contribution in [0.1, 0.15) is 10.4 Å². The lowest BCUT2D eigenvalue weighted by Gasteiger charge is -2.04. The first-order valence-corrected chi connectivity index (χ1v) is 6.61. The van der Waals surface area contributed by atoms with E-state index in [4.69, 9.17) is 10.7 Å². The number of nitrogens with zero attached hydrogens (tertiary/aromatic N) is 4. The molecule has 2 aromatic rings. The van der Waals surface area contributed by atoms with Gasteiger partial charge in [-0.1, -0.05) is 36.4 Å². The predicted octanol–water partition coefficient (Wildman–Crippen LogP) is 2.28. The average molecular weight is 298 g/mol. The fourth-order valence-electron chi connectivity index (χ4n) is 2.00. The van der Waals surface area contributed by atoms with Gasteiger partial charge < -0.3 is 5.41 Å². The summed E-state index contributed by atoms with van der Waals surface area (Å²) in [7, 11) is 0. The molecule has 0 amide bonds. The van der Waals surface area contributed by atoms with Gasteiger partial charge in [-0.3, -0.25) is 4.79 Å². The van der Waals surface area contributed by atoms with Crippen LogP contribution in [0.4, 0.5) is 0 Å². The Morgan fingerprint density at radius 1 is 0.957 bits per heavy atom. The molecule has 0 bridgehead atoms. The Labute approximate surface area is 133 Å². The van der Waals surface area contributed by atoms with E-state index in [1.165, 1.54) is 4.57 Å². The van der Waals surface area contributed by atoms with E-state index in [-0.39, 0.29) is 11.3 Å². The van der Waals surface area contributed by atoms with Crippen LogP contribution >= 0.6 is 0 Å². The second-order valence-corrected chi connectivity index (χ2v) is 4.41. The van der Waals surface area contributed by atoms with Crippen molar-refractivity contribution in [3.63, 3.8) is 0 Å². The molecule has 1 aromatic heterocycles. The number of aromatic nitrogens is 1. The van der Waals surface area contributed by atoms with Gasteiger partial charge >= 0.3 is 0 Å². The number of Topliss-reactive ketones (excluding diaryl/α,β-unsaturated/α-hetero) is 1. The molecule has 5 nitrogen and oxygen atoms in total. The smallest absolute Gasteiger partial charge is 0.278 e. The van der Waals surface area contributed by atoms with Crippen LogP contribution < -0.4 is 4.57 Å². The van der Waals surface area contributed by atoms with Gasteiger partial charge in [0.05, 0.1) is 5.57 Å². The molecular formula is C18H10N4O. The van der Waals surface area contributed by atoms with E-state index in [1.807, 2.05) is 6.07 Å². The second-order valence-electron chi connectivity index (χ2n) is 4.41. The summed E-state index contributed by atoms with van der Waals surface area (Å²) in [6.45, 7) is 0. The molecule has 23 heavy (non-hydrogen) atoms. The van der Waals surface area contributed by atoms with Crippen molar-refractivity contribution in [3.05, 3.63) is 83.0 Å². The van der Waals surface area contributed by atoms with Gasteiger partial charge in [-0.25, -0.2) is 5.87 Å². The monoisotopic (exact) mass is 298 g/mol. The first-order chi connectivity index (χ1) is 11.2. The number of allylic oxidation sites excluding steroid dienone is 3. The lowest BCUT2D eigenvalue weighted by Crippen LogP contribution is -2.37. The van der Waals surface area contributed by atoms with Gasteiger partial charge in [0.1, 0.15) is 12.1 Å². The fourth-order valence-corrected chi connectivity index (χ4v) is 2.00. The molecular weight excluding hydrogens is 288 g/mol. The topological polar surface area (TPSA) is 90.8 Å². The molecule has 0 aliphatic rings. The van der Waals surface area contributed by atoms with Crippen molar-refractivity contribution in [2.24, 2.45) is 0 Å². The number of hydrogen-bond donors (Lipinski definition) is 0. The van der Waals surface area contributed by atoms with Crippen molar-refractivity contribution in [1.82, 2.24) is 0 Å². The van der Waals surface area contributed by atoms with Crippen molar-refractivity contribution in [3.8, 4) is 12.1 Å². The van der Waals surface area contributed by atoms with E-state index < -0.39 is 11.4 Å². The summed E-state index contributed by atoms with van der Waals surface area (Å²) >= 11 is 0. The Morgan fingerprint density at radius 3 is 2.09 bits per heavy atom. The minimum absolute atomic E-state index is 0.0302. The molecule has 0 saturated heterocycles. The number of pyridine rings is 1. The molecule has 108 valence electrons. The molecule has 5 heteroatoms. The Hall–Kier alpha value is -3.79. The largest absolute Gasteiger partial charge is 0.762 e. The maximum absolute atomic E-state index is 12.8. The molecule has 0 fully saturated rings. The minimum Gasteiger partial charge on any atom is -0.762 e. The highest BCUT2D eigenvalue weighted by Gasteiger charge is 2.28. The second kappa shape index (κ2) is 7.28. The zero-order valence-electron chi connectivity index (χ0n) is 12.0. The number of carbonyl (C=O) groups is 1. The molecule has 0 aliphatic heterocycles. The summed E-state index contributed by atoms with van der Waals surface area (Å²) in [5.74, 6) is 1.23. The number of benzene rings is 1. The average Bonchev–Trinajstić information content (AvgIpc) is 2.63. The molecule has 2 rings (SSSR count). The van der Waals surface area contributed by atoms with Crippen LogP contribution in [0.25, 0.3) is 11.1 Å². The van der Waals surface area contributed by atoms with Gasteiger partial charge in [0.25, 0.3) is 11.5 Å². The molecule has 0 N–H and O–H groups in total. The van der Waals surface area contributed by atoms with Crippen molar-refractivity contribution < 1.29 is 9.36 Å². The van der Waals surface area contributed by atoms with Gasteiger partial charge in [0.2, 0.25) is 0 Å². The van der Waals surface area contributed by atoms with Gasteiger partial charge in [-0.2, -0.15) is 15.1 Å². The zero-order chi connectivity index (χ0) is 16.7. The van der Waals surface area contributed by atoms with Gasteiger partial charge in [-0.15, -0.1) is 0 Å². The first kappa shape index (κ1) is 15.6. The molecule has 0 spiro atoms. The third kappa shape index (κ3) is 3.28. The van der Waals surface area contributed by atoms with E-state index >= 15 is 0 Å². The maximum atomic E-state index is 12.8. The predicted molar refractivity (Wildman–Crippen MR) is 83.7 cm³/mol. The standard InChI is InChI=1S/C18H10N4O/c19-11-15(12-20)16(13-21)17(22-9-5-2-6-10-22)18(23)14-7-3-1-4-8-14/h1-10H. The van der Waals surface area contributed by atoms with Crippen LogP contribution in [0.3, 0.4) is 0 Å². The van der Waals surface area contributed by atoms with Gasteiger partial charge in [0, 0.05) is 17.7 Å². The van der Waals surface area contributed by atoms with E-state index in [1.54, 1.807) is 72.9 Å². The summed E-state index contributed by atoms with van der Waals surface area (Å²) in [6.07, 6.45) is 3.17. The summed E-state index contributed by atoms with van der Waals surface area (Å²) in [5, 5.41) is 27.5. The Bertz CT molecular complexity index is 894. The number of carbonyl (C=O) groups excluding carboxylic acids is 1. The van der Waals surface area contributed by atoms with Crippen molar-refractivity contribution >= 4 is 17.4 Å². The van der Waals surface area contributed by atoms with Gasteiger partial charge in [-0.05, 0) is 0 Å². The Balaban J connectivity index is 2.77. The lowest BCUT2D eigenvalue weighted by atomic mass is 10.0. The minimum atomic E-state index is -0.443. The van der Waals surface area contributed by atoms with Gasteiger partial charge in [0.15, 0.2) is 18.0 Å². The molecule has 1 aromatic carbocycles. The van der Waals surface area contributed by atoms with Crippen molar-refractivity contribution in [1.29, 1.82) is 10.5 Å². The molecule has 0 aliphatic carbocycles. The highest BCUT2D eigenvalue weighted by atomic mass is 16.1. The summed E-state index contributed by atoms with van der Waals surface area (Å²) < 4.78 is 1.43. The van der Waals surface area contributed by atoms with Crippen LogP contribution in [0.15, 0.2) is 72.1 Å². The quantitative estimate of drug-likeness (QED) is 0.216. The van der Waals surface area contributed by atoms with Crippen LogP contribution in [-0.4, -0.2) is 11.7 Å². The van der Waals surface area contributed by atoms with Crippen LogP contribution in [-0.2, 0) is 0 Å². The van der Waals surface area contributed by atoms with Crippen molar-refractivity contribution in [2.75, 3.05) is 0 Å². The highest BCUT2D eigenvalue weighted by molar-refractivity contribution is 6.23. The van der Waals surface area contributed by atoms with Crippen LogP contribution in [0, 0.1) is 22.7 Å². The SMILES string of the molecule is N#CC(=C=[N-])C(C#N)=C(C(=O)c1ccccc1)[n+]1ccccc1. The summed E-state index contributed by atoms with van der Waals surface area (Å²) in [6, 6.07) is 17.0. The third-order valence-electron chi connectivity index (χ3n) is 3.05. The fraction of sp³-hybridized carbons (Fsp3) is 0. The zero-order valence-corrected chi connectivity index (χ0v) is 12.0. The van der Waals surface area contributed by atoms with Crippen LogP contribution in [0.2, 0.25) is 0 Å². The first-order valence-electron chi connectivity index (χ1n) is 6.61. The third-order valence-corrected chi connectivity index (χ3v) is 3.05. The van der Waals surface area contributed by atoms with E-state index in [0.29, 0.717) is 5.56 Å². The number of rotatable bonds is 4. The Kier molecular flexibility index (Phi) is 4.94. The van der Waals surface area contributed by atoms with E-state index in [2.05, 4.69) is 0 Å². The number of hydrogen-bond acceptors (Lipinski definition) is 3. The molecule has 1 heterocycles. The summed E-state index contributed by atoms with van der Waals surface area (Å²) in [5.41, 5.74) is -0.317. The van der Waals surface area contributed by atoms with Crippen LogP contribution in [0.5, 0.6) is 0 Å². The lowest BCUT2D eigenvalue weighted by molar-refractivity contribution is -0.577.